The maximum absolute atomic E-state index is 6.53. The monoisotopic (exact) mass is 832 g/mol. The molecule has 8 heteroatoms. The molecule has 0 N–H and O–H groups in total. The van der Waals surface area contributed by atoms with E-state index in [1.165, 1.54) is 21.9 Å². The zero-order valence-corrected chi connectivity index (χ0v) is 35.6. The second kappa shape index (κ2) is 16.6. The van der Waals surface area contributed by atoms with E-state index in [1.807, 2.05) is 85.5 Å². The molecule has 0 fully saturated rings. The number of hydrogen-bond donors (Lipinski definition) is 0. The number of ether oxygens (including phenoxy) is 2. The summed E-state index contributed by atoms with van der Waals surface area (Å²) in [4.78, 5) is 19.3. The normalized spacial score (nSPS) is 11.5. The molecule has 11 rings (SSSR count). The summed E-state index contributed by atoms with van der Waals surface area (Å²) < 4.78 is 17.5. The van der Waals surface area contributed by atoms with E-state index in [0.29, 0.717) is 11.5 Å². The predicted octanol–water partition coefficient (Wildman–Crippen LogP) is 14.3. The van der Waals surface area contributed by atoms with E-state index in [0.717, 1.165) is 104 Å². The number of aromatic nitrogens is 6. The summed E-state index contributed by atoms with van der Waals surface area (Å²) in [7, 11) is 0. The number of fused-ring (bicyclic) bond motifs is 6. The van der Waals surface area contributed by atoms with Crippen molar-refractivity contribution < 1.29 is 9.47 Å². The van der Waals surface area contributed by atoms with Gasteiger partial charge < -0.3 is 9.47 Å². The minimum absolute atomic E-state index is 0.707. The fourth-order valence-corrected chi connectivity index (χ4v) is 8.91. The minimum Gasteiger partial charge on any atom is -0.457 e. The Morgan fingerprint density at radius 3 is 1.28 bits per heavy atom. The lowest BCUT2D eigenvalue weighted by molar-refractivity contribution is 0.483. The van der Waals surface area contributed by atoms with Gasteiger partial charge in [-0.15, -0.1) is 0 Å². The maximum atomic E-state index is 6.53. The van der Waals surface area contributed by atoms with Gasteiger partial charge in [-0.3, -0.25) is 19.1 Å². The number of rotatable bonds is 12. The van der Waals surface area contributed by atoms with Gasteiger partial charge in [0.25, 0.3) is 0 Å². The number of para-hydroxylation sites is 2. The first-order valence-electron chi connectivity index (χ1n) is 22.0. The smallest absolute Gasteiger partial charge is 0.137 e. The first kappa shape index (κ1) is 38.8. The molecule has 310 valence electrons. The SMILES string of the molecule is CCCc1ccnc(-n2c3ccccc3c3ccc(Oc4cccc(-c5cnc(-c6cccc(Oc7ccc8c9ccccc9n(-c9cc(CCC)ccn9)c8c7)c6)cn5)c4)cc32)c1. The Morgan fingerprint density at radius 2 is 0.828 bits per heavy atom. The van der Waals surface area contributed by atoms with Crippen molar-refractivity contribution >= 4 is 43.6 Å². The second-order valence-electron chi connectivity index (χ2n) is 16.2. The molecule has 0 atom stereocenters. The highest BCUT2D eigenvalue weighted by molar-refractivity contribution is 6.10. The highest BCUT2D eigenvalue weighted by Crippen LogP contribution is 2.38. The van der Waals surface area contributed by atoms with Crippen molar-refractivity contribution in [3.05, 3.63) is 194 Å². The Balaban J connectivity index is 0.844. The molecule has 0 aliphatic carbocycles. The Hall–Kier alpha value is -8.10. The second-order valence-corrected chi connectivity index (χ2v) is 16.2. The van der Waals surface area contributed by atoms with Gasteiger partial charge in [0.2, 0.25) is 0 Å². The van der Waals surface area contributed by atoms with Gasteiger partial charge in [0.15, 0.2) is 0 Å². The van der Waals surface area contributed by atoms with Gasteiger partial charge in [0.1, 0.15) is 34.6 Å². The molecule has 0 saturated heterocycles. The van der Waals surface area contributed by atoms with Crippen LogP contribution in [0.4, 0.5) is 0 Å². The molecule has 0 aliphatic rings. The molecule has 8 nitrogen and oxygen atoms in total. The van der Waals surface area contributed by atoms with Crippen LogP contribution >= 0.6 is 0 Å². The lowest BCUT2D eigenvalue weighted by Gasteiger charge is -2.11. The van der Waals surface area contributed by atoms with Crippen LogP contribution in [0.15, 0.2) is 183 Å². The first-order chi connectivity index (χ1) is 31.6. The van der Waals surface area contributed by atoms with E-state index >= 15 is 0 Å². The highest BCUT2D eigenvalue weighted by Gasteiger charge is 2.17. The number of hydrogen-bond acceptors (Lipinski definition) is 6. The van der Waals surface area contributed by atoms with Crippen molar-refractivity contribution in [3.8, 4) is 57.1 Å². The predicted molar refractivity (Wildman–Crippen MR) is 258 cm³/mol. The average molecular weight is 833 g/mol. The topological polar surface area (TPSA) is 79.9 Å². The van der Waals surface area contributed by atoms with Crippen molar-refractivity contribution in [1.82, 2.24) is 29.1 Å². The summed E-state index contributed by atoms with van der Waals surface area (Å²) in [5, 5.41) is 4.65. The summed E-state index contributed by atoms with van der Waals surface area (Å²) >= 11 is 0. The molecule has 5 aromatic heterocycles. The van der Waals surface area contributed by atoms with E-state index < -0.39 is 0 Å². The summed E-state index contributed by atoms with van der Waals surface area (Å²) in [5.41, 5.74) is 10.1. The Morgan fingerprint density at radius 1 is 0.391 bits per heavy atom. The van der Waals surface area contributed by atoms with Crippen LogP contribution in [0.3, 0.4) is 0 Å². The van der Waals surface area contributed by atoms with E-state index in [9.17, 15) is 0 Å². The lowest BCUT2D eigenvalue weighted by Crippen LogP contribution is -1.99. The lowest BCUT2D eigenvalue weighted by atomic mass is 10.1. The van der Waals surface area contributed by atoms with Crippen LogP contribution < -0.4 is 9.47 Å². The quantitative estimate of drug-likeness (QED) is 0.122. The molecule has 0 radical (unpaired) electrons. The average Bonchev–Trinajstić information content (AvgIpc) is 3.84. The number of benzene rings is 6. The van der Waals surface area contributed by atoms with E-state index in [-0.39, 0.29) is 0 Å². The van der Waals surface area contributed by atoms with Gasteiger partial charge in [-0.2, -0.15) is 0 Å². The van der Waals surface area contributed by atoms with E-state index in [1.54, 1.807) is 0 Å². The van der Waals surface area contributed by atoms with Crippen LogP contribution in [0, 0.1) is 0 Å². The summed E-state index contributed by atoms with van der Waals surface area (Å²) in [6, 6.07) is 54.0. The molecular formula is C56H44N6O2. The number of pyridine rings is 2. The van der Waals surface area contributed by atoms with E-state index in [4.69, 9.17) is 29.4 Å². The van der Waals surface area contributed by atoms with Crippen molar-refractivity contribution in [2.45, 2.75) is 39.5 Å². The van der Waals surface area contributed by atoms with Gasteiger partial charge in [-0.05, 0) is 109 Å². The third kappa shape index (κ3) is 7.28. The van der Waals surface area contributed by atoms with Crippen molar-refractivity contribution in [3.63, 3.8) is 0 Å². The van der Waals surface area contributed by atoms with Gasteiger partial charge in [0, 0.05) is 57.2 Å². The Kier molecular flexibility index (Phi) is 10.1. The highest BCUT2D eigenvalue weighted by atomic mass is 16.5. The zero-order valence-electron chi connectivity index (χ0n) is 35.6. The van der Waals surface area contributed by atoms with Crippen molar-refractivity contribution in [2.24, 2.45) is 0 Å². The maximum Gasteiger partial charge on any atom is 0.137 e. The molecular weight excluding hydrogens is 789 g/mol. The fraction of sp³-hybridized carbons (Fsp3) is 0.107. The Labute approximate surface area is 371 Å². The van der Waals surface area contributed by atoms with Gasteiger partial charge in [-0.1, -0.05) is 87.4 Å². The number of aryl methyl sites for hydroxylation is 2. The van der Waals surface area contributed by atoms with Crippen LogP contribution in [0.2, 0.25) is 0 Å². The molecule has 6 aromatic carbocycles. The number of nitrogens with zero attached hydrogens (tertiary/aromatic N) is 6. The van der Waals surface area contributed by atoms with Crippen LogP contribution in [0.1, 0.15) is 37.8 Å². The van der Waals surface area contributed by atoms with Gasteiger partial charge in [-0.25, -0.2) is 9.97 Å². The summed E-state index contributed by atoms with van der Waals surface area (Å²) in [5.74, 6) is 4.68. The summed E-state index contributed by atoms with van der Waals surface area (Å²) in [6.07, 6.45) is 11.6. The molecule has 11 aromatic rings. The van der Waals surface area contributed by atoms with Crippen molar-refractivity contribution in [2.75, 3.05) is 0 Å². The standard InChI is InChI=1S/C56H44N6O2/c1-3-11-37-25-27-57-55(29-37)61-51-19-7-5-17-45(51)47-23-21-43(33-53(47)61)63-41-15-9-13-39(31-41)49-35-60-50(36-59-49)40-14-10-16-42(32-40)64-44-22-24-48-46-18-6-8-20-52(46)62(54(48)34-44)56-30-38(12-4-2)26-28-58-56/h5-10,13-36H,3-4,11-12H2,1-2H3. The zero-order chi connectivity index (χ0) is 43.0. The molecule has 0 amide bonds. The van der Waals surface area contributed by atoms with Gasteiger partial charge in [0.05, 0.1) is 45.8 Å². The first-order valence-corrected chi connectivity index (χ1v) is 22.0. The van der Waals surface area contributed by atoms with Crippen molar-refractivity contribution in [1.29, 1.82) is 0 Å². The molecule has 0 saturated carbocycles. The molecule has 5 heterocycles. The third-order valence-corrected chi connectivity index (χ3v) is 11.8. The molecule has 0 spiro atoms. The molecule has 64 heavy (non-hydrogen) atoms. The Bertz CT molecular complexity index is 3270. The molecule has 0 aliphatic heterocycles. The van der Waals surface area contributed by atoms with Crippen LogP contribution in [-0.2, 0) is 12.8 Å². The minimum atomic E-state index is 0.707. The fourth-order valence-electron chi connectivity index (χ4n) is 8.91. The van der Waals surface area contributed by atoms with Crippen LogP contribution in [-0.4, -0.2) is 29.1 Å². The molecule has 0 bridgehead atoms. The van der Waals surface area contributed by atoms with Crippen LogP contribution in [0.5, 0.6) is 23.0 Å². The van der Waals surface area contributed by atoms with E-state index in [2.05, 4.69) is 120 Å². The largest absolute Gasteiger partial charge is 0.457 e. The molecule has 0 unspecified atom stereocenters. The third-order valence-electron chi connectivity index (χ3n) is 11.8. The van der Waals surface area contributed by atoms with Gasteiger partial charge >= 0.3 is 0 Å². The van der Waals surface area contributed by atoms with Crippen LogP contribution in [0.25, 0.3) is 77.8 Å². The summed E-state index contributed by atoms with van der Waals surface area (Å²) in [6.45, 7) is 4.40.